The summed E-state index contributed by atoms with van der Waals surface area (Å²) in [6.07, 6.45) is -1.56. The van der Waals surface area contributed by atoms with Gasteiger partial charge in [-0.2, -0.15) is 13.2 Å². The van der Waals surface area contributed by atoms with E-state index in [9.17, 15) is 27.9 Å². The summed E-state index contributed by atoms with van der Waals surface area (Å²) in [7, 11) is 4.16. The lowest BCUT2D eigenvalue weighted by molar-refractivity contribution is -0.138. The van der Waals surface area contributed by atoms with E-state index in [1.54, 1.807) is 0 Å². The molecule has 0 heterocycles. The number of esters is 1. The SMILES string of the molecule is COCC(COC)N(c1ccc(Oc2ccc(CO)cc2C(F)(F)F)cc1C(=O)OC)C(=O)[C@H]1CC[C@H](C)CC1. The van der Waals surface area contributed by atoms with E-state index in [1.165, 1.54) is 50.5 Å². The van der Waals surface area contributed by atoms with Gasteiger partial charge in [0.25, 0.3) is 0 Å². The van der Waals surface area contributed by atoms with Crippen LogP contribution in [0.4, 0.5) is 18.9 Å². The molecule has 0 atom stereocenters. The van der Waals surface area contributed by atoms with Crippen LogP contribution in [0, 0.1) is 11.8 Å². The van der Waals surface area contributed by atoms with Crippen molar-refractivity contribution in [3.05, 3.63) is 53.1 Å². The highest BCUT2D eigenvalue weighted by Crippen LogP contribution is 2.40. The third-order valence-corrected chi connectivity index (χ3v) is 7.08. The van der Waals surface area contributed by atoms with E-state index in [1.807, 2.05) is 0 Å². The van der Waals surface area contributed by atoms with Gasteiger partial charge in [0.15, 0.2) is 0 Å². The molecule has 1 aliphatic carbocycles. The van der Waals surface area contributed by atoms with Crippen molar-refractivity contribution in [1.82, 2.24) is 0 Å². The van der Waals surface area contributed by atoms with Crippen LogP contribution in [0.3, 0.4) is 0 Å². The molecule has 11 heteroatoms. The second-order valence-corrected chi connectivity index (χ2v) is 9.99. The van der Waals surface area contributed by atoms with Crippen molar-refractivity contribution in [2.24, 2.45) is 11.8 Å². The summed E-state index contributed by atoms with van der Waals surface area (Å²) >= 11 is 0. The fourth-order valence-corrected chi connectivity index (χ4v) is 4.96. The molecule has 220 valence electrons. The summed E-state index contributed by atoms with van der Waals surface area (Å²) in [5, 5.41) is 9.28. The zero-order chi connectivity index (χ0) is 29.4. The minimum absolute atomic E-state index is 0.0599. The number of amides is 1. The molecular formula is C29H36F3NO7. The van der Waals surface area contributed by atoms with Crippen LogP contribution in [0.5, 0.6) is 11.5 Å². The zero-order valence-corrected chi connectivity index (χ0v) is 23.1. The summed E-state index contributed by atoms with van der Waals surface area (Å²) in [4.78, 5) is 28.4. The molecule has 0 bridgehead atoms. The Labute approximate surface area is 232 Å². The van der Waals surface area contributed by atoms with E-state index in [0.29, 0.717) is 18.8 Å². The van der Waals surface area contributed by atoms with Gasteiger partial charge < -0.3 is 29.0 Å². The van der Waals surface area contributed by atoms with Crippen molar-refractivity contribution in [2.45, 2.75) is 51.4 Å². The molecule has 3 rings (SSSR count). The summed E-state index contributed by atoms with van der Waals surface area (Å²) in [5.74, 6) is -1.32. The van der Waals surface area contributed by atoms with Gasteiger partial charge in [0.2, 0.25) is 5.91 Å². The smallest absolute Gasteiger partial charge is 0.419 e. The van der Waals surface area contributed by atoms with Gasteiger partial charge in [0.05, 0.1) is 49.8 Å². The highest BCUT2D eigenvalue weighted by Gasteiger charge is 2.37. The van der Waals surface area contributed by atoms with Gasteiger partial charge >= 0.3 is 12.1 Å². The number of aliphatic hydroxyl groups is 1. The van der Waals surface area contributed by atoms with E-state index >= 15 is 0 Å². The lowest BCUT2D eigenvalue weighted by Crippen LogP contribution is -2.49. The molecular weight excluding hydrogens is 531 g/mol. The number of benzene rings is 2. The van der Waals surface area contributed by atoms with Crippen LogP contribution in [0.1, 0.15) is 54.1 Å². The first-order chi connectivity index (χ1) is 19.0. The van der Waals surface area contributed by atoms with E-state index in [-0.39, 0.29) is 47.6 Å². The number of ether oxygens (including phenoxy) is 4. The first-order valence-electron chi connectivity index (χ1n) is 13.1. The van der Waals surface area contributed by atoms with Crippen molar-refractivity contribution < 1.29 is 46.8 Å². The highest BCUT2D eigenvalue weighted by molar-refractivity contribution is 6.04. The second-order valence-electron chi connectivity index (χ2n) is 9.99. The predicted molar refractivity (Wildman–Crippen MR) is 141 cm³/mol. The third-order valence-electron chi connectivity index (χ3n) is 7.08. The van der Waals surface area contributed by atoms with Gasteiger partial charge in [0, 0.05) is 20.1 Å². The van der Waals surface area contributed by atoms with Gasteiger partial charge in [-0.15, -0.1) is 0 Å². The molecule has 0 unspecified atom stereocenters. The monoisotopic (exact) mass is 567 g/mol. The number of anilines is 1. The average Bonchev–Trinajstić information content (AvgIpc) is 2.93. The maximum atomic E-state index is 13.9. The predicted octanol–water partition coefficient (Wildman–Crippen LogP) is 5.60. The Morgan fingerprint density at radius 1 is 1.00 bits per heavy atom. The van der Waals surface area contributed by atoms with Crippen molar-refractivity contribution in [2.75, 3.05) is 39.4 Å². The van der Waals surface area contributed by atoms with Crippen LogP contribution in [-0.2, 0) is 31.8 Å². The molecule has 0 aliphatic heterocycles. The van der Waals surface area contributed by atoms with E-state index in [0.717, 1.165) is 25.0 Å². The Bertz CT molecular complexity index is 1160. The van der Waals surface area contributed by atoms with E-state index < -0.39 is 36.1 Å². The normalized spacial score (nSPS) is 17.5. The molecule has 1 amide bonds. The summed E-state index contributed by atoms with van der Waals surface area (Å²) in [6, 6.07) is 6.73. The molecule has 0 radical (unpaired) electrons. The number of carbonyl (C=O) groups excluding carboxylic acids is 2. The fraction of sp³-hybridized carbons (Fsp3) is 0.517. The zero-order valence-electron chi connectivity index (χ0n) is 23.1. The van der Waals surface area contributed by atoms with Gasteiger partial charge in [-0.25, -0.2) is 4.79 Å². The lowest BCUT2D eigenvalue weighted by Gasteiger charge is -2.36. The van der Waals surface area contributed by atoms with Gasteiger partial charge in [-0.05, 0) is 67.5 Å². The van der Waals surface area contributed by atoms with Crippen LogP contribution in [-0.4, -0.2) is 57.6 Å². The summed E-state index contributed by atoms with van der Waals surface area (Å²) < 4.78 is 62.5. The third kappa shape index (κ3) is 7.52. The number of rotatable bonds is 11. The standard InChI is InChI=1S/C29H36F3NO7/c1-18-5-8-20(9-6-18)27(35)33(21(16-37-2)17-38-3)25-11-10-22(14-23(25)28(36)39-4)40-26-12-7-19(15-34)13-24(26)29(30,31)32/h7,10-14,18,20-21,34H,5-6,8-9,15-17H2,1-4H3/t18-,20-. The number of methoxy groups -OCH3 is 3. The molecule has 2 aromatic rings. The minimum atomic E-state index is -4.75. The van der Waals surface area contributed by atoms with Crippen molar-refractivity contribution in [3.63, 3.8) is 0 Å². The maximum absolute atomic E-state index is 13.9. The molecule has 1 saturated carbocycles. The first-order valence-corrected chi connectivity index (χ1v) is 13.1. The Hall–Kier alpha value is -3.15. The quantitative estimate of drug-likeness (QED) is 0.354. The maximum Gasteiger partial charge on any atom is 0.419 e. The van der Waals surface area contributed by atoms with Gasteiger partial charge in [0.1, 0.15) is 11.5 Å². The number of hydrogen-bond acceptors (Lipinski definition) is 7. The Morgan fingerprint density at radius 2 is 1.65 bits per heavy atom. The molecule has 40 heavy (non-hydrogen) atoms. The van der Waals surface area contributed by atoms with Crippen molar-refractivity contribution >= 4 is 17.6 Å². The molecule has 2 aromatic carbocycles. The minimum Gasteiger partial charge on any atom is -0.465 e. The second kappa shape index (κ2) is 14.0. The van der Waals surface area contributed by atoms with Crippen LogP contribution in [0.2, 0.25) is 0 Å². The molecule has 1 N–H and O–H groups in total. The average molecular weight is 568 g/mol. The Morgan fingerprint density at radius 3 is 2.20 bits per heavy atom. The van der Waals surface area contributed by atoms with Crippen molar-refractivity contribution in [1.29, 1.82) is 0 Å². The lowest BCUT2D eigenvalue weighted by atomic mass is 9.82. The van der Waals surface area contributed by atoms with E-state index in [4.69, 9.17) is 18.9 Å². The topological polar surface area (TPSA) is 94.5 Å². The first kappa shape index (κ1) is 31.4. The van der Waals surface area contributed by atoms with Gasteiger partial charge in [-0.3, -0.25) is 4.79 Å². The molecule has 8 nitrogen and oxygen atoms in total. The number of carbonyl (C=O) groups is 2. The number of hydrogen-bond donors (Lipinski definition) is 1. The number of nitrogens with zero attached hydrogens (tertiary/aromatic N) is 1. The van der Waals surface area contributed by atoms with Crippen LogP contribution >= 0.6 is 0 Å². The van der Waals surface area contributed by atoms with Gasteiger partial charge in [-0.1, -0.05) is 13.0 Å². The summed E-state index contributed by atoms with van der Waals surface area (Å²) in [5.41, 5.74) is -0.853. The molecule has 0 aromatic heterocycles. The van der Waals surface area contributed by atoms with Crippen LogP contribution in [0.15, 0.2) is 36.4 Å². The fourth-order valence-electron chi connectivity index (χ4n) is 4.96. The van der Waals surface area contributed by atoms with Crippen molar-refractivity contribution in [3.8, 4) is 11.5 Å². The number of alkyl halides is 3. The molecule has 1 fully saturated rings. The molecule has 0 spiro atoms. The Balaban J connectivity index is 2.09. The van der Waals surface area contributed by atoms with E-state index in [2.05, 4.69) is 6.92 Å². The molecule has 0 saturated heterocycles. The highest BCUT2D eigenvalue weighted by atomic mass is 19.4. The molecule has 1 aliphatic rings. The largest absolute Gasteiger partial charge is 0.465 e. The van der Waals surface area contributed by atoms with Crippen LogP contribution in [0.25, 0.3) is 0 Å². The Kier molecular flexibility index (Phi) is 11.0. The number of halogens is 3. The van der Waals surface area contributed by atoms with Crippen LogP contribution < -0.4 is 9.64 Å². The summed E-state index contributed by atoms with van der Waals surface area (Å²) in [6.45, 7) is 1.81. The number of aliphatic hydroxyl groups excluding tert-OH is 1.